The summed E-state index contributed by atoms with van der Waals surface area (Å²) in [5.74, 6) is -1.59. The summed E-state index contributed by atoms with van der Waals surface area (Å²) >= 11 is 12.3. The maximum atomic E-state index is 14.0. The van der Waals surface area contributed by atoms with Gasteiger partial charge in [-0.3, -0.25) is 19.7 Å². The van der Waals surface area contributed by atoms with Gasteiger partial charge in [-0.25, -0.2) is 9.37 Å². The molecule has 1 N–H and O–H groups in total. The summed E-state index contributed by atoms with van der Waals surface area (Å²) in [6.07, 6.45) is 1.11. The van der Waals surface area contributed by atoms with E-state index in [1.54, 1.807) is 48.5 Å². The maximum Gasteiger partial charge on any atom is 0.313 e. The number of aromatic nitrogens is 2. The van der Waals surface area contributed by atoms with Gasteiger partial charge in [0.15, 0.2) is 12.4 Å². The first-order chi connectivity index (χ1) is 21.7. The molecular formula is C31H18Cl2FN5O6. The van der Waals surface area contributed by atoms with E-state index in [1.165, 1.54) is 24.3 Å². The lowest BCUT2D eigenvalue weighted by molar-refractivity contribution is -0.385. The molecule has 0 saturated heterocycles. The van der Waals surface area contributed by atoms with Crippen molar-refractivity contribution in [1.82, 2.24) is 9.66 Å². The monoisotopic (exact) mass is 645 g/mol. The minimum absolute atomic E-state index is 0.0321. The Bertz CT molecular complexity index is 2230. The molecule has 0 aliphatic heterocycles. The van der Waals surface area contributed by atoms with E-state index in [2.05, 4.69) is 15.4 Å². The fourth-order valence-electron chi connectivity index (χ4n) is 4.51. The summed E-state index contributed by atoms with van der Waals surface area (Å²) in [6.45, 7) is -0.720. The summed E-state index contributed by atoms with van der Waals surface area (Å²) < 4.78 is 26.5. The van der Waals surface area contributed by atoms with E-state index in [-0.39, 0.29) is 39.0 Å². The Labute approximate surface area is 262 Å². The summed E-state index contributed by atoms with van der Waals surface area (Å²) in [7, 11) is 0. The molecule has 6 aromatic rings. The van der Waals surface area contributed by atoms with E-state index < -0.39 is 34.5 Å². The molecule has 0 fully saturated rings. The van der Waals surface area contributed by atoms with Crippen molar-refractivity contribution in [3.63, 3.8) is 0 Å². The molecule has 1 amide bonds. The second kappa shape index (κ2) is 12.2. The van der Waals surface area contributed by atoms with E-state index in [9.17, 15) is 24.1 Å². The zero-order chi connectivity index (χ0) is 31.7. The van der Waals surface area contributed by atoms with Crippen LogP contribution >= 0.6 is 23.2 Å². The first kappa shape index (κ1) is 29.5. The highest BCUT2D eigenvalue weighted by molar-refractivity contribution is 6.31. The zero-order valence-corrected chi connectivity index (χ0v) is 24.3. The fourth-order valence-corrected chi connectivity index (χ4v) is 4.91. The first-order valence-electron chi connectivity index (χ1n) is 13.1. The molecule has 0 aliphatic carbocycles. The van der Waals surface area contributed by atoms with Gasteiger partial charge < -0.3 is 14.5 Å². The lowest BCUT2D eigenvalue weighted by Gasteiger charge is -2.11. The van der Waals surface area contributed by atoms with Crippen molar-refractivity contribution in [3.05, 3.63) is 127 Å². The number of nitro benzene ring substituents is 1. The number of nitro groups is 1. The third-order valence-corrected chi connectivity index (χ3v) is 6.97. The topological polar surface area (TPSA) is 142 Å². The molecule has 0 radical (unpaired) electrons. The molecular weight excluding hydrogens is 628 g/mol. The fraction of sp³-hybridized carbons (Fsp3) is 0.0323. The van der Waals surface area contributed by atoms with Crippen LogP contribution in [0.1, 0.15) is 5.56 Å². The number of carbonyl (C=O) groups is 1. The average Bonchev–Trinajstić information content (AvgIpc) is 3.44. The van der Waals surface area contributed by atoms with E-state index >= 15 is 0 Å². The molecule has 6 rings (SSSR count). The van der Waals surface area contributed by atoms with E-state index in [0.29, 0.717) is 21.5 Å². The summed E-state index contributed by atoms with van der Waals surface area (Å²) in [4.78, 5) is 42.0. The Kier molecular flexibility index (Phi) is 7.98. The number of benzene rings is 4. The highest BCUT2D eigenvalue weighted by Gasteiger charge is 2.23. The molecule has 224 valence electrons. The molecule has 2 heterocycles. The number of nitrogens with zero attached hydrogens (tertiary/aromatic N) is 4. The standard InChI is InChI=1S/C31H18Cl2FN5O6/c32-19-9-10-26-17(11-19)13-27(45-26)30-37-23-7-3-1-5-21(23)31(41)38(30)35-15-18-12-20(33)14-25(39(42)43)29(18)44-16-28(40)36-24-8-4-2-6-22(24)34/h1-15H,16H2,(H,36,40). The Morgan fingerprint density at radius 3 is 2.64 bits per heavy atom. The zero-order valence-electron chi connectivity index (χ0n) is 22.7. The van der Waals surface area contributed by atoms with Crippen LogP contribution in [0.4, 0.5) is 15.8 Å². The van der Waals surface area contributed by atoms with Gasteiger partial charge in [-0.1, -0.05) is 47.5 Å². The second-order valence-corrected chi connectivity index (χ2v) is 10.4. The van der Waals surface area contributed by atoms with Crippen LogP contribution in [0.3, 0.4) is 0 Å². The highest BCUT2D eigenvalue weighted by Crippen LogP contribution is 2.34. The SMILES string of the molecule is O=C(COc1c(C=Nn2c(-c3cc4cc(Cl)ccc4o3)nc3ccccc3c2=O)cc(Cl)cc1[N+](=O)[O-])Nc1ccccc1F. The van der Waals surface area contributed by atoms with Gasteiger partial charge in [0, 0.05) is 27.1 Å². The van der Waals surface area contributed by atoms with Crippen molar-refractivity contribution in [2.45, 2.75) is 0 Å². The number of carbonyl (C=O) groups excluding carboxylic acids is 1. The normalized spacial score (nSPS) is 11.4. The van der Waals surface area contributed by atoms with E-state index in [4.69, 9.17) is 32.4 Å². The largest absolute Gasteiger partial charge is 0.476 e. The maximum absolute atomic E-state index is 14.0. The summed E-state index contributed by atoms with van der Waals surface area (Å²) in [6, 6.07) is 21.1. The van der Waals surface area contributed by atoms with Gasteiger partial charge in [0.25, 0.3) is 11.5 Å². The van der Waals surface area contributed by atoms with Crippen molar-refractivity contribution in [1.29, 1.82) is 0 Å². The second-order valence-electron chi connectivity index (χ2n) is 9.52. The third kappa shape index (κ3) is 6.09. The Hall–Kier alpha value is -5.59. The van der Waals surface area contributed by atoms with E-state index in [0.717, 1.165) is 23.0 Å². The minimum Gasteiger partial charge on any atom is -0.476 e. The lowest BCUT2D eigenvalue weighted by Crippen LogP contribution is -2.22. The first-order valence-corrected chi connectivity index (χ1v) is 13.8. The number of amides is 1. The molecule has 11 nitrogen and oxygen atoms in total. The van der Waals surface area contributed by atoms with Crippen LogP contribution in [0.5, 0.6) is 5.75 Å². The number of para-hydroxylation sites is 2. The molecule has 2 aromatic heterocycles. The Morgan fingerprint density at radius 2 is 1.84 bits per heavy atom. The van der Waals surface area contributed by atoms with E-state index in [1.807, 2.05) is 0 Å². The van der Waals surface area contributed by atoms with Crippen LogP contribution in [0.15, 0.2) is 99.2 Å². The number of rotatable bonds is 8. The number of nitrogens with one attached hydrogen (secondary N) is 1. The number of anilines is 1. The van der Waals surface area contributed by atoms with Crippen LogP contribution in [-0.2, 0) is 4.79 Å². The van der Waals surface area contributed by atoms with Gasteiger partial charge in [0.05, 0.1) is 27.7 Å². The van der Waals surface area contributed by atoms with Gasteiger partial charge in [-0.05, 0) is 54.6 Å². The number of ether oxygens (including phenoxy) is 1. The van der Waals surface area contributed by atoms with Crippen molar-refractivity contribution < 1.29 is 23.3 Å². The van der Waals surface area contributed by atoms with Gasteiger partial charge in [-0.2, -0.15) is 9.78 Å². The molecule has 0 aliphatic rings. The summed E-state index contributed by atoms with van der Waals surface area (Å²) in [5, 5.41) is 19.9. The minimum atomic E-state index is -0.783. The number of halogens is 3. The molecule has 0 atom stereocenters. The van der Waals surface area contributed by atoms with Crippen LogP contribution in [0, 0.1) is 15.9 Å². The number of fused-ring (bicyclic) bond motifs is 2. The molecule has 14 heteroatoms. The predicted octanol–water partition coefficient (Wildman–Crippen LogP) is 7.06. The van der Waals surface area contributed by atoms with Gasteiger partial charge in [0.2, 0.25) is 11.6 Å². The van der Waals surface area contributed by atoms with Crippen LogP contribution in [0.2, 0.25) is 10.0 Å². The number of hydrogen-bond donors (Lipinski definition) is 1. The lowest BCUT2D eigenvalue weighted by atomic mass is 10.2. The quantitative estimate of drug-likeness (QED) is 0.106. The van der Waals surface area contributed by atoms with Crippen LogP contribution < -0.4 is 15.6 Å². The Balaban J connectivity index is 1.42. The van der Waals surface area contributed by atoms with Crippen molar-refractivity contribution in [3.8, 4) is 17.3 Å². The predicted molar refractivity (Wildman–Crippen MR) is 168 cm³/mol. The van der Waals surface area contributed by atoms with Crippen molar-refractivity contribution in [2.75, 3.05) is 11.9 Å². The van der Waals surface area contributed by atoms with Crippen molar-refractivity contribution >= 4 is 68.6 Å². The molecule has 0 saturated carbocycles. The molecule has 0 spiro atoms. The Morgan fingerprint density at radius 1 is 1.07 bits per heavy atom. The molecule has 0 bridgehead atoms. The average molecular weight is 646 g/mol. The molecule has 4 aromatic carbocycles. The van der Waals surface area contributed by atoms with Gasteiger partial charge >= 0.3 is 5.69 Å². The third-order valence-electron chi connectivity index (χ3n) is 6.52. The molecule has 45 heavy (non-hydrogen) atoms. The van der Waals surface area contributed by atoms with Gasteiger partial charge in [0.1, 0.15) is 11.4 Å². The number of furan rings is 1. The molecule has 0 unspecified atom stereocenters. The smallest absolute Gasteiger partial charge is 0.313 e. The van der Waals surface area contributed by atoms with Gasteiger partial charge in [-0.15, -0.1) is 0 Å². The van der Waals surface area contributed by atoms with Crippen LogP contribution in [-0.4, -0.2) is 33.3 Å². The number of hydrogen-bond acceptors (Lipinski definition) is 8. The van der Waals surface area contributed by atoms with Crippen molar-refractivity contribution in [2.24, 2.45) is 5.10 Å². The highest BCUT2D eigenvalue weighted by atomic mass is 35.5. The van der Waals surface area contributed by atoms with Crippen LogP contribution in [0.25, 0.3) is 33.5 Å². The summed E-state index contributed by atoms with van der Waals surface area (Å²) in [5.41, 5.74) is -0.389.